The molecule has 2 aromatic heterocycles. The second-order valence-corrected chi connectivity index (χ2v) is 6.21. The number of methoxy groups -OCH3 is 1. The number of aromatic nitrogens is 1. The number of amides is 2. The number of ether oxygens (including phenoxy) is 2. The molecule has 0 atom stereocenters. The van der Waals surface area contributed by atoms with Crippen molar-refractivity contribution in [3.8, 4) is 5.88 Å². The van der Waals surface area contributed by atoms with Gasteiger partial charge in [0, 0.05) is 33.0 Å². The van der Waals surface area contributed by atoms with Crippen molar-refractivity contribution >= 4 is 23.2 Å². The number of nitrogens with zero attached hydrogens (tertiary/aromatic N) is 2. The molecule has 0 spiro atoms. The molecule has 7 nitrogen and oxygen atoms in total. The van der Waals surface area contributed by atoms with Crippen LogP contribution in [0.2, 0.25) is 0 Å². The van der Waals surface area contributed by atoms with Crippen LogP contribution in [0.1, 0.15) is 15.2 Å². The molecule has 2 heterocycles. The van der Waals surface area contributed by atoms with Crippen molar-refractivity contribution in [3.63, 3.8) is 0 Å². The third kappa shape index (κ3) is 6.17. The van der Waals surface area contributed by atoms with Crippen molar-refractivity contribution in [2.45, 2.75) is 6.54 Å². The molecule has 0 saturated carbocycles. The molecule has 134 valence electrons. The number of hydrogen-bond acceptors (Lipinski definition) is 6. The molecule has 0 saturated heterocycles. The minimum absolute atomic E-state index is 0.00236. The second kappa shape index (κ2) is 9.75. The van der Waals surface area contributed by atoms with Gasteiger partial charge in [0.1, 0.15) is 6.61 Å². The van der Waals surface area contributed by atoms with Crippen LogP contribution >= 0.6 is 11.3 Å². The molecule has 0 unspecified atom stereocenters. The van der Waals surface area contributed by atoms with Crippen LogP contribution in [0.5, 0.6) is 5.88 Å². The van der Waals surface area contributed by atoms with Gasteiger partial charge in [0.25, 0.3) is 5.91 Å². The molecule has 1 N–H and O–H groups in total. The van der Waals surface area contributed by atoms with Crippen LogP contribution < -0.4 is 10.1 Å². The van der Waals surface area contributed by atoms with E-state index < -0.39 is 0 Å². The number of pyridine rings is 1. The Bertz CT molecular complexity index is 674. The van der Waals surface area contributed by atoms with Gasteiger partial charge < -0.3 is 19.7 Å². The second-order valence-electron chi connectivity index (χ2n) is 5.26. The van der Waals surface area contributed by atoms with E-state index in [1.807, 2.05) is 17.5 Å². The standard InChI is InChI=1S/C17H21N3O4S/c1-20(17(22)14-4-3-9-25-14)12-15(21)18-10-13-5-6-16(19-11-13)24-8-7-23-2/h3-6,9,11H,7-8,10,12H2,1-2H3,(H,18,21). The predicted octanol–water partition coefficient (Wildman–Crippen LogP) is 1.56. The highest BCUT2D eigenvalue weighted by atomic mass is 32.1. The zero-order valence-electron chi connectivity index (χ0n) is 14.2. The lowest BCUT2D eigenvalue weighted by atomic mass is 10.3. The quantitative estimate of drug-likeness (QED) is 0.684. The van der Waals surface area contributed by atoms with Crippen molar-refractivity contribution in [3.05, 3.63) is 46.3 Å². The topological polar surface area (TPSA) is 80.8 Å². The summed E-state index contributed by atoms with van der Waals surface area (Å²) in [5.41, 5.74) is 0.847. The summed E-state index contributed by atoms with van der Waals surface area (Å²) in [6, 6.07) is 7.12. The highest BCUT2D eigenvalue weighted by Gasteiger charge is 2.15. The van der Waals surface area contributed by atoms with Gasteiger partial charge in [-0.25, -0.2) is 4.98 Å². The summed E-state index contributed by atoms with van der Waals surface area (Å²) in [6.07, 6.45) is 1.64. The fourth-order valence-corrected chi connectivity index (χ4v) is 2.68. The molecule has 0 bridgehead atoms. The highest BCUT2D eigenvalue weighted by Crippen LogP contribution is 2.11. The summed E-state index contributed by atoms with van der Waals surface area (Å²) < 4.78 is 10.3. The van der Waals surface area contributed by atoms with E-state index in [2.05, 4.69) is 10.3 Å². The lowest BCUT2D eigenvalue weighted by Gasteiger charge is -2.15. The van der Waals surface area contributed by atoms with Gasteiger partial charge >= 0.3 is 0 Å². The number of rotatable bonds is 9. The Morgan fingerprint density at radius 1 is 1.28 bits per heavy atom. The predicted molar refractivity (Wildman–Crippen MR) is 94.7 cm³/mol. The van der Waals surface area contributed by atoms with E-state index in [4.69, 9.17) is 9.47 Å². The number of carbonyl (C=O) groups is 2. The molecular weight excluding hydrogens is 342 g/mol. The fraction of sp³-hybridized carbons (Fsp3) is 0.353. The van der Waals surface area contributed by atoms with Gasteiger partial charge in [-0.1, -0.05) is 12.1 Å². The zero-order chi connectivity index (χ0) is 18.1. The number of likely N-dealkylation sites (N-methyl/N-ethyl adjacent to an activating group) is 1. The average Bonchev–Trinajstić information content (AvgIpc) is 3.15. The lowest BCUT2D eigenvalue weighted by molar-refractivity contribution is -0.121. The van der Waals surface area contributed by atoms with Crippen molar-refractivity contribution in [2.24, 2.45) is 0 Å². The maximum Gasteiger partial charge on any atom is 0.264 e. The summed E-state index contributed by atoms with van der Waals surface area (Å²) in [6.45, 7) is 1.27. The molecule has 0 fully saturated rings. The van der Waals surface area contributed by atoms with Gasteiger partial charge in [0.15, 0.2) is 0 Å². The third-order valence-electron chi connectivity index (χ3n) is 3.28. The highest BCUT2D eigenvalue weighted by molar-refractivity contribution is 7.12. The molecule has 0 aliphatic carbocycles. The van der Waals surface area contributed by atoms with Crippen molar-refractivity contribution in [2.75, 3.05) is 33.9 Å². The van der Waals surface area contributed by atoms with Crippen LogP contribution in [0.4, 0.5) is 0 Å². The first-order valence-electron chi connectivity index (χ1n) is 7.72. The van der Waals surface area contributed by atoms with Crippen LogP contribution in [0.25, 0.3) is 0 Å². The van der Waals surface area contributed by atoms with Gasteiger partial charge in [0.05, 0.1) is 18.0 Å². The number of hydrogen-bond donors (Lipinski definition) is 1. The van der Waals surface area contributed by atoms with Crippen LogP contribution in [0.3, 0.4) is 0 Å². The Kier molecular flexibility index (Phi) is 7.36. The van der Waals surface area contributed by atoms with E-state index in [-0.39, 0.29) is 18.4 Å². The first-order valence-corrected chi connectivity index (χ1v) is 8.60. The normalized spacial score (nSPS) is 10.3. The van der Waals surface area contributed by atoms with E-state index in [0.717, 1.165) is 5.56 Å². The van der Waals surface area contributed by atoms with Gasteiger partial charge in [-0.15, -0.1) is 11.3 Å². The van der Waals surface area contributed by atoms with Gasteiger partial charge in [-0.2, -0.15) is 0 Å². The smallest absolute Gasteiger partial charge is 0.264 e. The average molecular weight is 363 g/mol. The van der Waals surface area contributed by atoms with Gasteiger partial charge in [0.2, 0.25) is 11.8 Å². The maximum absolute atomic E-state index is 12.1. The Morgan fingerprint density at radius 3 is 2.76 bits per heavy atom. The molecule has 2 rings (SSSR count). The Hall–Kier alpha value is -2.45. The minimum atomic E-state index is -0.229. The summed E-state index contributed by atoms with van der Waals surface area (Å²) >= 11 is 1.35. The van der Waals surface area contributed by atoms with E-state index in [1.165, 1.54) is 16.2 Å². The minimum Gasteiger partial charge on any atom is -0.475 e. The summed E-state index contributed by atoms with van der Waals surface area (Å²) in [5.74, 6) is 0.116. The van der Waals surface area contributed by atoms with E-state index >= 15 is 0 Å². The lowest BCUT2D eigenvalue weighted by Crippen LogP contribution is -2.37. The Morgan fingerprint density at radius 2 is 2.12 bits per heavy atom. The molecule has 0 radical (unpaired) electrons. The van der Waals surface area contributed by atoms with Crippen LogP contribution in [0, 0.1) is 0 Å². The first-order chi connectivity index (χ1) is 12.1. The van der Waals surface area contributed by atoms with Crippen molar-refractivity contribution < 1.29 is 19.1 Å². The van der Waals surface area contributed by atoms with E-state index in [1.54, 1.807) is 32.5 Å². The van der Waals surface area contributed by atoms with Gasteiger partial charge in [-0.3, -0.25) is 9.59 Å². The number of nitrogens with one attached hydrogen (secondary N) is 1. The van der Waals surface area contributed by atoms with Crippen LogP contribution in [-0.2, 0) is 16.1 Å². The van der Waals surface area contributed by atoms with Crippen LogP contribution in [-0.4, -0.2) is 55.6 Å². The molecule has 25 heavy (non-hydrogen) atoms. The molecular formula is C17H21N3O4S. The molecule has 0 aliphatic rings. The Balaban J connectivity index is 1.75. The van der Waals surface area contributed by atoms with Gasteiger partial charge in [-0.05, 0) is 17.0 Å². The van der Waals surface area contributed by atoms with E-state index in [9.17, 15) is 9.59 Å². The summed E-state index contributed by atoms with van der Waals surface area (Å²) in [5, 5.41) is 4.60. The maximum atomic E-state index is 12.1. The van der Waals surface area contributed by atoms with Crippen molar-refractivity contribution in [1.29, 1.82) is 0 Å². The fourth-order valence-electron chi connectivity index (χ4n) is 1.96. The molecule has 0 aliphatic heterocycles. The summed E-state index contributed by atoms with van der Waals surface area (Å²) in [7, 11) is 3.21. The SMILES string of the molecule is COCCOc1ccc(CNC(=O)CN(C)C(=O)c2cccs2)cn1. The third-order valence-corrected chi connectivity index (χ3v) is 4.14. The monoisotopic (exact) mass is 363 g/mol. The van der Waals surface area contributed by atoms with E-state index in [0.29, 0.717) is 30.5 Å². The van der Waals surface area contributed by atoms with Crippen molar-refractivity contribution in [1.82, 2.24) is 15.2 Å². The Labute approximate surface area is 150 Å². The summed E-state index contributed by atoms with van der Waals surface area (Å²) in [4.78, 5) is 30.2. The molecule has 8 heteroatoms. The number of thiophene rings is 1. The zero-order valence-corrected chi connectivity index (χ0v) is 15.0. The largest absolute Gasteiger partial charge is 0.475 e. The van der Waals surface area contributed by atoms with Crippen LogP contribution in [0.15, 0.2) is 35.8 Å². The molecule has 2 amide bonds. The molecule has 2 aromatic rings. The number of carbonyl (C=O) groups excluding carboxylic acids is 2. The molecule has 0 aromatic carbocycles. The first kappa shape index (κ1) is 18.9.